The van der Waals surface area contributed by atoms with Crippen molar-refractivity contribution in [2.75, 3.05) is 34.1 Å². The van der Waals surface area contributed by atoms with Gasteiger partial charge < -0.3 is 23.4 Å². The van der Waals surface area contributed by atoms with Crippen LogP contribution >= 0.6 is 0 Å². The zero-order valence-electron chi connectivity index (χ0n) is 16.5. The molecule has 0 unspecified atom stereocenters. The molecule has 3 aromatic rings. The summed E-state index contributed by atoms with van der Waals surface area (Å²) in [6.45, 7) is 2.67. The highest BCUT2D eigenvalue weighted by Gasteiger charge is 2.23. The predicted octanol–water partition coefficient (Wildman–Crippen LogP) is 3.78. The normalized spacial score (nSPS) is 13.7. The SMILES string of the molecule is COCCCN1COc2ccc3c(=O)c(Oc4ccccc4OC)coc3c2C1. The first-order chi connectivity index (χ1) is 14.2. The van der Waals surface area contributed by atoms with Gasteiger partial charge >= 0.3 is 0 Å². The molecular weight excluding hydrogens is 374 g/mol. The van der Waals surface area contributed by atoms with Crippen molar-refractivity contribution in [3.05, 3.63) is 58.4 Å². The van der Waals surface area contributed by atoms with Crippen LogP contribution in [0.2, 0.25) is 0 Å². The smallest absolute Gasteiger partial charge is 0.235 e. The third-order valence-corrected chi connectivity index (χ3v) is 4.87. The molecule has 2 heterocycles. The Bertz CT molecular complexity index is 1060. The molecule has 0 atom stereocenters. The van der Waals surface area contributed by atoms with Gasteiger partial charge in [0, 0.05) is 26.8 Å². The number of ether oxygens (including phenoxy) is 4. The number of rotatable bonds is 7. The molecular formula is C22H23NO6. The summed E-state index contributed by atoms with van der Waals surface area (Å²) in [5.74, 6) is 1.84. The lowest BCUT2D eigenvalue weighted by Crippen LogP contribution is -2.33. The third-order valence-electron chi connectivity index (χ3n) is 4.87. The Hall–Kier alpha value is -3.03. The number of para-hydroxylation sites is 2. The van der Waals surface area contributed by atoms with E-state index in [2.05, 4.69) is 4.90 Å². The maximum atomic E-state index is 13.0. The van der Waals surface area contributed by atoms with Crippen molar-refractivity contribution in [3.8, 4) is 23.0 Å². The predicted molar refractivity (Wildman–Crippen MR) is 108 cm³/mol. The van der Waals surface area contributed by atoms with Crippen molar-refractivity contribution in [2.24, 2.45) is 0 Å². The maximum absolute atomic E-state index is 13.0. The van der Waals surface area contributed by atoms with Gasteiger partial charge in [0.25, 0.3) is 0 Å². The quantitative estimate of drug-likeness (QED) is 0.562. The molecule has 1 aliphatic rings. The Labute approximate surface area is 168 Å². The maximum Gasteiger partial charge on any atom is 0.235 e. The second-order valence-electron chi connectivity index (χ2n) is 6.77. The van der Waals surface area contributed by atoms with Crippen LogP contribution in [0.25, 0.3) is 11.0 Å². The molecule has 152 valence electrons. The number of benzene rings is 2. The average molecular weight is 397 g/mol. The fraction of sp³-hybridized carbons (Fsp3) is 0.318. The summed E-state index contributed by atoms with van der Waals surface area (Å²) in [6.07, 6.45) is 2.25. The number of fused-ring (bicyclic) bond motifs is 3. The van der Waals surface area contributed by atoms with E-state index in [0.29, 0.717) is 42.4 Å². The van der Waals surface area contributed by atoms with Crippen molar-refractivity contribution >= 4 is 11.0 Å². The summed E-state index contributed by atoms with van der Waals surface area (Å²) in [6, 6.07) is 10.7. The largest absolute Gasteiger partial charge is 0.493 e. The average Bonchev–Trinajstić information content (AvgIpc) is 2.76. The fourth-order valence-electron chi connectivity index (χ4n) is 3.40. The first kappa shape index (κ1) is 19.3. The zero-order valence-corrected chi connectivity index (χ0v) is 16.5. The first-order valence-corrected chi connectivity index (χ1v) is 9.43. The van der Waals surface area contributed by atoms with E-state index in [0.717, 1.165) is 24.3 Å². The molecule has 7 heteroatoms. The lowest BCUT2D eigenvalue weighted by Gasteiger charge is -2.29. The Morgan fingerprint density at radius 2 is 1.90 bits per heavy atom. The van der Waals surface area contributed by atoms with Crippen LogP contribution in [0.1, 0.15) is 12.0 Å². The van der Waals surface area contributed by atoms with E-state index in [1.165, 1.54) is 6.26 Å². The summed E-state index contributed by atoms with van der Waals surface area (Å²) >= 11 is 0. The summed E-state index contributed by atoms with van der Waals surface area (Å²) in [5, 5.41) is 0.457. The monoisotopic (exact) mass is 397 g/mol. The lowest BCUT2D eigenvalue weighted by atomic mass is 10.1. The van der Waals surface area contributed by atoms with Crippen LogP contribution in [-0.2, 0) is 11.3 Å². The lowest BCUT2D eigenvalue weighted by molar-refractivity contribution is 0.0838. The minimum absolute atomic E-state index is 0.107. The molecule has 0 amide bonds. The van der Waals surface area contributed by atoms with Gasteiger partial charge in [0.05, 0.1) is 18.1 Å². The Morgan fingerprint density at radius 3 is 2.69 bits per heavy atom. The molecule has 29 heavy (non-hydrogen) atoms. The molecule has 2 aromatic carbocycles. The highest BCUT2D eigenvalue weighted by molar-refractivity contribution is 5.83. The summed E-state index contributed by atoms with van der Waals surface area (Å²) in [7, 11) is 3.24. The Morgan fingerprint density at radius 1 is 1.07 bits per heavy atom. The second-order valence-corrected chi connectivity index (χ2v) is 6.77. The minimum Gasteiger partial charge on any atom is -0.493 e. The third kappa shape index (κ3) is 3.92. The van der Waals surface area contributed by atoms with Crippen molar-refractivity contribution in [1.82, 2.24) is 4.90 Å². The van der Waals surface area contributed by atoms with Gasteiger partial charge in [-0.2, -0.15) is 0 Å². The van der Waals surface area contributed by atoms with Crippen molar-refractivity contribution in [1.29, 1.82) is 0 Å². The molecule has 0 saturated carbocycles. The van der Waals surface area contributed by atoms with Gasteiger partial charge in [0.2, 0.25) is 11.2 Å². The number of hydrogen-bond donors (Lipinski definition) is 0. The van der Waals surface area contributed by atoms with Crippen molar-refractivity contribution in [3.63, 3.8) is 0 Å². The van der Waals surface area contributed by atoms with Gasteiger partial charge in [-0.05, 0) is 30.7 Å². The molecule has 0 radical (unpaired) electrons. The van der Waals surface area contributed by atoms with Crippen LogP contribution in [0, 0.1) is 0 Å². The van der Waals surface area contributed by atoms with Gasteiger partial charge in [0.1, 0.15) is 24.3 Å². The minimum atomic E-state index is -0.239. The highest BCUT2D eigenvalue weighted by Crippen LogP contribution is 2.34. The van der Waals surface area contributed by atoms with Gasteiger partial charge in [-0.3, -0.25) is 9.69 Å². The van der Waals surface area contributed by atoms with Gasteiger partial charge in [-0.25, -0.2) is 0 Å². The van der Waals surface area contributed by atoms with Crippen LogP contribution in [0.5, 0.6) is 23.0 Å². The highest BCUT2D eigenvalue weighted by atomic mass is 16.5. The van der Waals surface area contributed by atoms with E-state index in [4.69, 9.17) is 23.4 Å². The Balaban J connectivity index is 1.65. The molecule has 0 N–H and O–H groups in total. The van der Waals surface area contributed by atoms with E-state index in [1.807, 2.05) is 18.2 Å². The summed E-state index contributed by atoms with van der Waals surface area (Å²) in [4.78, 5) is 15.2. The molecule has 4 rings (SSSR count). The number of hydrogen-bond acceptors (Lipinski definition) is 7. The molecule has 7 nitrogen and oxygen atoms in total. The van der Waals surface area contributed by atoms with E-state index < -0.39 is 0 Å². The fourth-order valence-corrected chi connectivity index (χ4v) is 3.40. The van der Waals surface area contributed by atoms with E-state index in [1.54, 1.807) is 32.4 Å². The molecule has 0 fully saturated rings. The van der Waals surface area contributed by atoms with Crippen LogP contribution in [0.15, 0.2) is 51.9 Å². The first-order valence-electron chi connectivity index (χ1n) is 9.43. The van der Waals surface area contributed by atoms with Crippen LogP contribution in [0.4, 0.5) is 0 Å². The molecule has 1 aliphatic heterocycles. The summed E-state index contributed by atoms with van der Waals surface area (Å²) in [5.41, 5.74) is 1.15. The molecule has 0 aliphatic carbocycles. The topological polar surface area (TPSA) is 70.4 Å². The van der Waals surface area contributed by atoms with E-state index in [-0.39, 0.29) is 11.2 Å². The van der Waals surface area contributed by atoms with Crippen molar-refractivity contribution < 1.29 is 23.4 Å². The molecule has 0 spiro atoms. The molecule has 1 aromatic heterocycles. The van der Waals surface area contributed by atoms with Crippen LogP contribution in [0.3, 0.4) is 0 Å². The zero-order chi connectivity index (χ0) is 20.2. The Kier molecular flexibility index (Phi) is 5.69. The number of methoxy groups -OCH3 is 2. The van der Waals surface area contributed by atoms with Gasteiger partial charge in [-0.1, -0.05) is 12.1 Å². The molecule has 0 saturated heterocycles. The van der Waals surface area contributed by atoms with Gasteiger partial charge in [-0.15, -0.1) is 0 Å². The van der Waals surface area contributed by atoms with E-state index >= 15 is 0 Å². The summed E-state index contributed by atoms with van der Waals surface area (Å²) < 4.78 is 27.9. The number of nitrogens with zero attached hydrogens (tertiary/aromatic N) is 1. The van der Waals surface area contributed by atoms with E-state index in [9.17, 15) is 4.79 Å². The molecule has 0 bridgehead atoms. The standard InChI is InChI=1S/C22H23NO6/c1-25-11-5-10-23-12-16-17(28-14-23)9-8-15-21(24)20(13-27-22(15)16)29-19-7-4-3-6-18(19)26-2/h3-4,6-9,13H,5,10-12,14H2,1-2H3. The van der Waals surface area contributed by atoms with Crippen LogP contribution in [-0.4, -0.2) is 39.0 Å². The second kappa shape index (κ2) is 8.55. The van der Waals surface area contributed by atoms with Crippen molar-refractivity contribution in [2.45, 2.75) is 13.0 Å². The van der Waals surface area contributed by atoms with Gasteiger partial charge in [0.15, 0.2) is 11.5 Å². The van der Waals surface area contributed by atoms with Crippen LogP contribution < -0.4 is 19.6 Å².